The topological polar surface area (TPSA) is 48.4 Å². The summed E-state index contributed by atoms with van der Waals surface area (Å²) >= 11 is 1.68. The number of aryl methyl sites for hydroxylation is 1. The van der Waals surface area contributed by atoms with Crippen LogP contribution in [0.3, 0.4) is 0 Å². The molecule has 18 heavy (non-hydrogen) atoms. The summed E-state index contributed by atoms with van der Waals surface area (Å²) in [4.78, 5) is 15.8. The lowest BCUT2D eigenvalue weighted by Gasteiger charge is -2.03. The average Bonchev–Trinajstić information content (AvgIpc) is 2.99. The number of rotatable bonds is 6. The molecule has 5 heteroatoms. The van der Waals surface area contributed by atoms with Gasteiger partial charge in [-0.05, 0) is 19.3 Å². The molecular formula is C13H19NO3S. The van der Waals surface area contributed by atoms with Gasteiger partial charge in [-0.3, -0.25) is 4.79 Å². The molecule has 1 fully saturated rings. The standard InChI is InChI=1S/C13H19NO3S/c1-2-17-13(15)4-3-11-9-18-12(14-11)7-10-5-6-16-8-10/h9-10H,2-8H2,1H3. The van der Waals surface area contributed by atoms with Gasteiger partial charge in [0.2, 0.25) is 0 Å². The maximum absolute atomic E-state index is 11.2. The third kappa shape index (κ3) is 4.07. The summed E-state index contributed by atoms with van der Waals surface area (Å²) < 4.78 is 10.3. The fraction of sp³-hybridized carbons (Fsp3) is 0.692. The van der Waals surface area contributed by atoms with Gasteiger partial charge in [0.05, 0.1) is 23.7 Å². The number of thiazole rings is 1. The molecule has 0 bridgehead atoms. The third-order valence-corrected chi connectivity index (χ3v) is 3.90. The van der Waals surface area contributed by atoms with Gasteiger partial charge in [-0.2, -0.15) is 0 Å². The van der Waals surface area contributed by atoms with Crippen molar-refractivity contribution in [3.63, 3.8) is 0 Å². The van der Waals surface area contributed by atoms with Crippen LogP contribution in [-0.2, 0) is 27.1 Å². The lowest BCUT2D eigenvalue weighted by molar-refractivity contribution is -0.143. The SMILES string of the molecule is CCOC(=O)CCc1csc(CC2CCOC2)n1. The average molecular weight is 269 g/mol. The summed E-state index contributed by atoms with van der Waals surface area (Å²) in [6.45, 7) is 4.01. The molecule has 0 radical (unpaired) electrons. The van der Waals surface area contributed by atoms with Gasteiger partial charge in [0.1, 0.15) is 0 Å². The molecule has 2 heterocycles. The van der Waals surface area contributed by atoms with Crippen LogP contribution in [0, 0.1) is 5.92 Å². The van der Waals surface area contributed by atoms with E-state index in [2.05, 4.69) is 4.98 Å². The molecule has 4 nitrogen and oxygen atoms in total. The van der Waals surface area contributed by atoms with Gasteiger partial charge in [0.15, 0.2) is 0 Å². The Hall–Kier alpha value is -0.940. The van der Waals surface area contributed by atoms with Gasteiger partial charge in [0.25, 0.3) is 0 Å². The van der Waals surface area contributed by atoms with Crippen LogP contribution < -0.4 is 0 Å². The van der Waals surface area contributed by atoms with Crippen molar-refractivity contribution in [2.24, 2.45) is 5.92 Å². The van der Waals surface area contributed by atoms with Crippen LogP contribution in [0.15, 0.2) is 5.38 Å². The first-order valence-electron chi connectivity index (χ1n) is 6.44. The molecule has 1 atom stereocenters. The number of nitrogens with zero attached hydrogens (tertiary/aromatic N) is 1. The van der Waals surface area contributed by atoms with Crippen LogP contribution in [-0.4, -0.2) is 30.8 Å². The molecule has 0 amide bonds. The number of carbonyl (C=O) groups excluding carboxylic acids is 1. The highest BCUT2D eigenvalue weighted by Crippen LogP contribution is 2.21. The molecule has 2 rings (SSSR count). The Morgan fingerprint density at radius 1 is 1.67 bits per heavy atom. The van der Waals surface area contributed by atoms with Crippen LogP contribution in [0.2, 0.25) is 0 Å². The zero-order valence-corrected chi connectivity index (χ0v) is 11.5. The normalized spacial score (nSPS) is 19.1. The largest absolute Gasteiger partial charge is 0.466 e. The Labute approximate surface area is 111 Å². The fourth-order valence-corrected chi connectivity index (χ4v) is 2.96. The monoisotopic (exact) mass is 269 g/mol. The zero-order valence-electron chi connectivity index (χ0n) is 10.7. The van der Waals surface area contributed by atoms with E-state index in [-0.39, 0.29) is 5.97 Å². The Morgan fingerprint density at radius 3 is 3.28 bits per heavy atom. The zero-order chi connectivity index (χ0) is 12.8. The molecule has 1 aromatic rings. The highest BCUT2D eigenvalue weighted by atomic mass is 32.1. The highest BCUT2D eigenvalue weighted by molar-refractivity contribution is 7.09. The van der Waals surface area contributed by atoms with Crippen molar-refractivity contribution < 1.29 is 14.3 Å². The summed E-state index contributed by atoms with van der Waals surface area (Å²) in [6.07, 6.45) is 3.24. The Morgan fingerprint density at radius 2 is 2.56 bits per heavy atom. The number of hydrogen-bond acceptors (Lipinski definition) is 5. The van der Waals surface area contributed by atoms with Gasteiger partial charge in [-0.25, -0.2) is 4.98 Å². The van der Waals surface area contributed by atoms with E-state index in [1.54, 1.807) is 11.3 Å². The third-order valence-electron chi connectivity index (χ3n) is 2.98. The summed E-state index contributed by atoms with van der Waals surface area (Å²) in [5.74, 6) is 0.477. The molecule has 0 aliphatic carbocycles. The van der Waals surface area contributed by atoms with Crippen LogP contribution in [0.1, 0.15) is 30.5 Å². The van der Waals surface area contributed by atoms with E-state index >= 15 is 0 Å². The first-order chi connectivity index (χ1) is 8.78. The quantitative estimate of drug-likeness (QED) is 0.743. The van der Waals surface area contributed by atoms with Crippen molar-refractivity contribution in [2.75, 3.05) is 19.8 Å². The van der Waals surface area contributed by atoms with E-state index in [4.69, 9.17) is 9.47 Å². The van der Waals surface area contributed by atoms with Crippen LogP contribution in [0.5, 0.6) is 0 Å². The molecule has 0 spiro atoms. The number of carbonyl (C=O) groups is 1. The molecule has 0 aromatic carbocycles. The van der Waals surface area contributed by atoms with Gasteiger partial charge >= 0.3 is 5.97 Å². The van der Waals surface area contributed by atoms with Crippen molar-refractivity contribution in [1.82, 2.24) is 4.98 Å². The van der Waals surface area contributed by atoms with Gasteiger partial charge < -0.3 is 9.47 Å². The molecule has 100 valence electrons. The Kier molecular flexibility index (Phi) is 5.13. The summed E-state index contributed by atoms with van der Waals surface area (Å²) in [5.41, 5.74) is 1.00. The van der Waals surface area contributed by atoms with Crippen molar-refractivity contribution in [3.05, 3.63) is 16.1 Å². The fourth-order valence-electron chi connectivity index (χ4n) is 2.01. The number of hydrogen-bond donors (Lipinski definition) is 0. The van der Waals surface area contributed by atoms with Gasteiger partial charge in [-0.15, -0.1) is 11.3 Å². The van der Waals surface area contributed by atoms with E-state index in [9.17, 15) is 4.79 Å². The summed E-state index contributed by atoms with van der Waals surface area (Å²) in [5, 5.41) is 3.20. The Balaban J connectivity index is 1.76. The first kappa shape index (κ1) is 13.5. The summed E-state index contributed by atoms with van der Waals surface area (Å²) in [7, 11) is 0. The second kappa shape index (κ2) is 6.85. The minimum atomic E-state index is -0.142. The molecule has 1 unspecified atom stereocenters. The van der Waals surface area contributed by atoms with E-state index in [1.165, 1.54) is 0 Å². The highest BCUT2D eigenvalue weighted by Gasteiger charge is 2.17. The van der Waals surface area contributed by atoms with Crippen molar-refractivity contribution >= 4 is 17.3 Å². The predicted molar refractivity (Wildman–Crippen MR) is 69.7 cm³/mol. The first-order valence-corrected chi connectivity index (χ1v) is 7.32. The molecule has 1 aliphatic heterocycles. The molecule has 1 saturated heterocycles. The maximum Gasteiger partial charge on any atom is 0.306 e. The van der Waals surface area contributed by atoms with Gasteiger partial charge in [0, 0.05) is 31.4 Å². The van der Waals surface area contributed by atoms with Crippen molar-refractivity contribution in [3.8, 4) is 0 Å². The van der Waals surface area contributed by atoms with Crippen LogP contribution >= 0.6 is 11.3 Å². The smallest absolute Gasteiger partial charge is 0.306 e. The summed E-state index contributed by atoms with van der Waals surface area (Å²) in [6, 6.07) is 0. The number of ether oxygens (including phenoxy) is 2. The molecular weight excluding hydrogens is 250 g/mol. The lowest BCUT2D eigenvalue weighted by Crippen LogP contribution is -2.06. The Bertz CT molecular complexity index is 385. The minimum Gasteiger partial charge on any atom is -0.466 e. The lowest BCUT2D eigenvalue weighted by atomic mass is 10.1. The van der Waals surface area contributed by atoms with E-state index in [0.717, 1.165) is 36.8 Å². The van der Waals surface area contributed by atoms with E-state index < -0.39 is 0 Å². The second-order valence-electron chi connectivity index (χ2n) is 4.47. The molecule has 1 aliphatic rings. The van der Waals surface area contributed by atoms with Gasteiger partial charge in [-0.1, -0.05) is 0 Å². The second-order valence-corrected chi connectivity index (χ2v) is 5.41. The van der Waals surface area contributed by atoms with Crippen LogP contribution in [0.25, 0.3) is 0 Å². The van der Waals surface area contributed by atoms with Crippen LogP contribution in [0.4, 0.5) is 0 Å². The molecule has 0 saturated carbocycles. The van der Waals surface area contributed by atoms with E-state index in [1.807, 2.05) is 12.3 Å². The molecule has 1 aromatic heterocycles. The molecule has 0 N–H and O–H groups in total. The van der Waals surface area contributed by atoms with Crippen molar-refractivity contribution in [2.45, 2.75) is 32.6 Å². The maximum atomic E-state index is 11.2. The van der Waals surface area contributed by atoms with E-state index in [0.29, 0.717) is 25.4 Å². The number of esters is 1. The predicted octanol–water partition coefficient (Wildman–Crippen LogP) is 2.22. The van der Waals surface area contributed by atoms with Crippen molar-refractivity contribution in [1.29, 1.82) is 0 Å². The minimum absolute atomic E-state index is 0.142. The number of aromatic nitrogens is 1.